The van der Waals surface area contributed by atoms with Gasteiger partial charge in [0, 0.05) is 48.3 Å². The van der Waals surface area contributed by atoms with E-state index in [-0.39, 0.29) is 85.7 Å². The quantitative estimate of drug-likeness (QED) is 0.0263. The third-order valence-electron chi connectivity index (χ3n) is 28.1. The van der Waals surface area contributed by atoms with Crippen molar-refractivity contribution in [1.82, 2.24) is 0 Å². The summed E-state index contributed by atoms with van der Waals surface area (Å²) in [5.41, 5.74) is 1.16. The van der Waals surface area contributed by atoms with Crippen LogP contribution < -0.4 is 0 Å². The Bertz CT molecular complexity index is 4440. The van der Waals surface area contributed by atoms with E-state index in [1.807, 2.05) is 61.5 Å². The van der Waals surface area contributed by atoms with E-state index in [4.69, 9.17) is 66.3 Å². The highest BCUT2D eigenvalue weighted by Crippen LogP contribution is 2.68. The number of ether oxygens (including phenoxy) is 14. The molecular weight excluding hydrogens is 1520 g/mol. The largest absolute Gasteiger partial charge is 0.459 e. The molecule has 6 aromatic carbocycles. The molecule has 0 bridgehead atoms. The van der Waals surface area contributed by atoms with Crippen LogP contribution in [0, 0.1) is 81.8 Å². The van der Waals surface area contributed by atoms with Gasteiger partial charge in [-0.2, -0.15) is 0 Å². The van der Waals surface area contributed by atoms with Crippen LogP contribution in [-0.2, 0) is 75.9 Å². The summed E-state index contributed by atoms with van der Waals surface area (Å²) in [5, 5.41) is 0. The number of hydrogen-bond acceptors (Lipinski definition) is 22. The molecule has 8 fully saturated rings. The zero-order chi connectivity index (χ0) is 84.0. The van der Waals surface area contributed by atoms with Crippen LogP contribution >= 0.6 is 0 Å². The van der Waals surface area contributed by atoms with Gasteiger partial charge in [-0.3, -0.25) is 9.59 Å². The number of benzene rings is 6. The number of ketones is 2. The van der Waals surface area contributed by atoms with E-state index in [1.54, 1.807) is 176 Å². The molecule has 22 nitrogen and oxygen atoms in total. The van der Waals surface area contributed by atoms with Crippen molar-refractivity contribution in [3.63, 3.8) is 0 Å². The molecule has 15 unspecified atom stereocenters. The van der Waals surface area contributed by atoms with E-state index in [0.29, 0.717) is 56.8 Å². The van der Waals surface area contributed by atoms with E-state index < -0.39 is 164 Å². The molecule has 14 rings (SSSR count). The lowest BCUT2D eigenvalue weighted by atomic mass is 9.44. The van der Waals surface area contributed by atoms with Gasteiger partial charge in [0.1, 0.15) is 42.6 Å². The Labute approximate surface area is 698 Å². The standard InChI is InChI=1S/C97H116O22/c1-55(52-107-92-82(57(3)56(2)53-108-92)115-89(103)67-36-24-15-25-37-67)42-45-75(98)60(6)78-76(99)51-74-72-44-43-70-50-71(46-48-96(70,10)73(72)47-49-97(74,78)11)111-93-83(119-95-85(117-91(105)69-40-28-17-29-41-69)81(59(5)63(9)110-95)114-88(102)66-34-22-14-23-35-66)61(7)79(77(112-93)54-106-86(100)64-30-18-12-19-31-64)118-94-84(116-90(104)68-38-26-16-27-39-68)80(58(4)62(8)109-94)113-87(101)65-32-20-13-21-33-65/h12-41,55-63,70-74,77-85,92-95H,42-54H2,1-11H3/t55-,56+,57-,58-,59-,60+,61-,62?,63?,70?,71?,72?,73?,74?,77?,78?,79-,80-,81-,82?,83?,84?,85?,92+,93+,94-,95-,96?,97?/m0/s1. The first-order valence-electron chi connectivity index (χ1n) is 43.0. The highest BCUT2D eigenvalue weighted by molar-refractivity contribution is 5.94. The summed E-state index contributed by atoms with van der Waals surface area (Å²) in [6, 6.07) is 51.2. The highest BCUT2D eigenvalue weighted by Gasteiger charge is 2.65. The predicted octanol–water partition coefficient (Wildman–Crippen LogP) is 16.4. The maximum atomic E-state index is 14.8. The lowest BCUT2D eigenvalue weighted by Gasteiger charge is -2.61. The van der Waals surface area contributed by atoms with Gasteiger partial charge >= 0.3 is 35.8 Å². The van der Waals surface area contributed by atoms with Crippen molar-refractivity contribution >= 4 is 47.4 Å². The fraction of sp³-hybridized carbons (Fsp3) is 0.546. The van der Waals surface area contributed by atoms with Crippen LogP contribution in [0.3, 0.4) is 0 Å². The van der Waals surface area contributed by atoms with Gasteiger partial charge in [0.25, 0.3) is 0 Å². The minimum atomic E-state index is -1.50. The molecule has 0 radical (unpaired) electrons. The summed E-state index contributed by atoms with van der Waals surface area (Å²) in [5.74, 6) is -5.65. The summed E-state index contributed by atoms with van der Waals surface area (Å²) >= 11 is 0. The zero-order valence-electron chi connectivity index (χ0n) is 70.1. The van der Waals surface area contributed by atoms with Crippen LogP contribution in [0.25, 0.3) is 0 Å². The van der Waals surface area contributed by atoms with Gasteiger partial charge in [-0.1, -0.05) is 172 Å². The van der Waals surface area contributed by atoms with Gasteiger partial charge in [-0.15, -0.1) is 0 Å². The number of rotatable bonds is 27. The normalized spacial score (nSPS) is 35.4. The van der Waals surface area contributed by atoms with Crippen molar-refractivity contribution in [2.45, 2.75) is 233 Å². The topological polar surface area (TPSA) is 266 Å². The summed E-state index contributed by atoms with van der Waals surface area (Å²) in [6.07, 6.45) is -9.51. The molecule has 119 heavy (non-hydrogen) atoms. The fourth-order valence-corrected chi connectivity index (χ4v) is 20.5. The van der Waals surface area contributed by atoms with Crippen molar-refractivity contribution < 1.29 is 105 Å². The number of carbonyl (C=O) groups is 8. The lowest BCUT2D eigenvalue weighted by molar-refractivity contribution is -0.378. The van der Waals surface area contributed by atoms with E-state index in [1.165, 1.54) is 0 Å². The second-order valence-electron chi connectivity index (χ2n) is 35.5. The number of carbonyl (C=O) groups excluding carboxylic acids is 8. The summed E-state index contributed by atoms with van der Waals surface area (Å²) in [4.78, 5) is 115. The molecule has 4 saturated heterocycles. The average molecular weight is 1630 g/mol. The van der Waals surface area contributed by atoms with Gasteiger partial charge in [0.05, 0.1) is 71.0 Å². The van der Waals surface area contributed by atoms with E-state index in [2.05, 4.69) is 20.8 Å². The van der Waals surface area contributed by atoms with E-state index >= 15 is 0 Å². The maximum Gasteiger partial charge on any atom is 0.338 e. The van der Waals surface area contributed by atoms with Crippen molar-refractivity contribution in [3.8, 4) is 0 Å². The molecule has 636 valence electrons. The Morgan fingerprint density at radius 1 is 0.437 bits per heavy atom. The molecule has 4 saturated carbocycles. The highest BCUT2D eigenvalue weighted by atomic mass is 16.8. The fourth-order valence-electron chi connectivity index (χ4n) is 20.5. The minimum absolute atomic E-state index is 0.0120. The van der Waals surface area contributed by atoms with Crippen LogP contribution in [0.15, 0.2) is 182 Å². The first-order chi connectivity index (χ1) is 57.3. The first-order valence-corrected chi connectivity index (χ1v) is 43.0. The Hall–Kier alpha value is -8.84. The second-order valence-corrected chi connectivity index (χ2v) is 35.5. The van der Waals surface area contributed by atoms with Crippen LogP contribution in [0.2, 0.25) is 0 Å². The molecule has 29 atom stereocenters. The first kappa shape index (κ1) is 86.5. The predicted molar refractivity (Wildman–Crippen MR) is 437 cm³/mol. The molecule has 8 aliphatic rings. The molecule has 4 aliphatic carbocycles. The molecule has 6 aromatic rings. The third kappa shape index (κ3) is 19.1. The Kier molecular flexibility index (Phi) is 27.7. The molecule has 4 heterocycles. The Morgan fingerprint density at radius 3 is 1.34 bits per heavy atom. The van der Waals surface area contributed by atoms with Crippen molar-refractivity contribution in [2.75, 3.05) is 19.8 Å². The molecule has 4 aliphatic heterocycles. The van der Waals surface area contributed by atoms with Crippen LogP contribution in [0.1, 0.15) is 203 Å². The zero-order valence-corrected chi connectivity index (χ0v) is 70.1. The average Bonchev–Trinajstić information content (AvgIpc) is 1.60. The SMILES string of the molecule is CC1O[C@@H](OC2[C@H](OC3CCC4(C)C(CCC5C4CCC4(C)C5CC(=O)C4[C@H](C)C(=O)CC[C@H](C)CO[C@@H]4OC[C@@H](C)[C@H](C)C4OC(=O)c4ccccc4)C3)OC(COC(=O)c3ccccc3)[C@@H](O[C@@H]3OC(C)[C@H](C)[C@H](OC(=O)c4ccccc4)C3OC(=O)c3ccccc3)[C@@H]2C)C(OC(=O)c2ccccc2)[C@@H](OC(=O)c2ccccc2)[C@H]1C. The number of esters is 6. The number of fused-ring (bicyclic) bond motifs is 5. The van der Waals surface area contributed by atoms with Crippen molar-refractivity contribution in [3.05, 3.63) is 215 Å². The molecular formula is C97H116O22. The summed E-state index contributed by atoms with van der Waals surface area (Å²) in [7, 11) is 0. The monoisotopic (exact) mass is 1630 g/mol. The van der Waals surface area contributed by atoms with Gasteiger partial charge in [-0.05, 0) is 184 Å². The Balaban J connectivity index is 0.729. The second kappa shape index (κ2) is 38.1. The molecule has 0 spiro atoms. The van der Waals surface area contributed by atoms with E-state index in [9.17, 15) is 38.4 Å². The Morgan fingerprint density at radius 2 is 0.866 bits per heavy atom. The number of Topliss-reactive ketones (excluding diaryl/α,β-unsaturated/α-hetero) is 2. The van der Waals surface area contributed by atoms with Crippen LogP contribution in [0.5, 0.6) is 0 Å². The van der Waals surface area contributed by atoms with Gasteiger partial charge in [-0.25, -0.2) is 28.8 Å². The molecule has 0 aromatic heterocycles. The smallest absolute Gasteiger partial charge is 0.338 e. The molecule has 0 amide bonds. The number of hydrogen-bond donors (Lipinski definition) is 0. The van der Waals surface area contributed by atoms with Crippen LogP contribution in [-0.4, -0.2) is 160 Å². The van der Waals surface area contributed by atoms with Gasteiger partial charge in [0.15, 0.2) is 43.5 Å². The molecule has 0 N–H and O–H groups in total. The van der Waals surface area contributed by atoms with E-state index in [0.717, 1.165) is 32.1 Å². The third-order valence-corrected chi connectivity index (χ3v) is 28.1. The lowest BCUT2D eigenvalue weighted by Crippen LogP contribution is -2.64. The maximum absolute atomic E-state index is 14.8. The molecule has 22 heteroatoms. The minimum Gasteiger partial charge on any atom is -0.459 e. The van der Waals surface area contributed by atoms with Crippen LogP contribution in [0.4, 0.5) is 0 Å². The summed E-state index contributed by atoms with van der Waals surface area (Å²) < 4.78 is 94.0. The van der Waals surface area contributed by atoms with Crippen molar-refractivity contribution in [1.29, 1.82) is 0 Å². The van der Waals surface area contributed by atoms with Gasteiger partial charge in [0.2, 0.25) is 0 Å². The van der Waals surface area contributed by atoms with Crippen molar-refractivity contribution in [2.24, 2.45) is 81.8 Å². The van der Waals surface area contributed by atoms with Gasteiger partial charge < -0.3 is 66.3 Å². The summed E-state index contributed by atoms with van der Waals surface area (Å²) in [6.45, 7) is 22.4.